The summed E-state index contributed by atoms with van der Waals surface area (Å²) in [5.74, 6) is -0.875. The number of nitrogens with one attached hydrogen (secondary N) is 1. The van der Waals surface area contributed by atoms with Crippen molar-refractivity contribution in [3.8, 4) is 0 Å². The smallest absolute Gasteiger partial charge is 0.307 e. The number of hydrogen-bond donors (Lipinski definition) is 3. The Labute approximate surface area is 160 Å². The summed E-state index contributed by atoms with van der Waals surface area (Å²) in [6.45, 7) is 4.39. The third-order valence-electron chi connectivity index (χ3n) is 4.29. The van der Waals surface area contributed by atoms with Gasteiger partial charge in [0, 0.05) is 6.42 Å². The molecular weight excluding hydrogens is 366 g/mol. The van der Waals surface area contributed by atoms with E-state index in [1.54, 1.807) is 34.8 Å². The molecule has 1 aromatic heterocycles. The first kappa shape index (κ1) is 19.5. The zero-order valence-corrected chi connectivity index (χ0v) is 15.5. The molecule has 10 heteroatoms. The van der Waals surface area contributed by atoms with Gasteiger partial charge in [0.1, 0.15) is 11.6 Å². The van der Waals surface area contributed by atoms with Crippen LogP contribution < -0.4 is 5.48 Å². The third kappa shape index (κ3) is 4.34. The number of carboxylic acids is 1. The molecule has 1 atom stereocenters. The highest BCUT2D eigenvalue weighted by Crippen LogP contribution is 2.34. The summed E-state index contributed by atoms with van der Waals surface area (Å²) in [4.78, 5) is 26.6. The van der Waals surface area contributed by atoms with Crippen LogP contribution in [0.25, 0.3) is 11.1 Å². The average molecular weight is 387 g/mol. The largest absolute Gasteiger partial charge is 0.481 e. The molecule has 0 fully saturated rings. The first-order valence-corrected chi connectivity index (χ1v) is 8.78. The Kier molecular flexibility index (Phi) is 5.69. The van der Waals surface area contributed by atoms with Gasteiger partial charge in [0.2, 0.25) is 11.8 Å². The number of fused-ring (bicyclic) bond motifs is 1. The van der Waals surface area contributed by atoms with Crippen molar-refractivity contribution in [2.24, 2.45) is 16.3 Å². The van der Waals surface area contributed by atoms with Crippen molar-refractivity contribution in [1.29, 1.82) is 0 Å². The number of carbonyl (C=O) groups excluding carboxylic acids is 1. The topological polar surface area (TPSA) is 141 Å². The van der Waals surface area contributed by atoms with E-state index in [0.29, 0.717) is 34.8 Å². The summed E-state index contributed by atoms with van der Waals surface area (Å²) in [7, 11) is 0. The minimum atomic E-state index is -0.911. The van der Waals surface area contributed by atoms with Crippen molar-refractivity contribution in [2.75, 3.05) is 6.54 Å². The van der Waals surface area contributed by atoms with E-state index in [9.17, 15) is 9.59 Å². The number of rotatable bonds is 7. The highest BCUT2D eigenvalue weighted by molar-refractivity contribution is 5.77. The van der Waals surface area contributed by atoms with Crippen LogP contribution >= 0.6 is 0 Å². The van der Waals surface area contributed by atoms with Crippen LogP contribution in [0.4, 0.5) is 0 Å². The van der Waals surface area contributed by atoms with Gasteiger partial charge in [0.15, 0.2) is 5.58 Å². The second-order valence-electron chi connectivity index (χ2n) is 6.84. The molecular formula is C18H21N5O5. The van der Waals surface area contributed by atoms with Gasteiger partial charge in [0.05, 0.1) is 18.7 Å². The van der Waals surface area contributed by atoms with E-state index >= 15 is 0 Å². The first-order chi connectivity index (χ1) is 13.4. The molecule has 0 spiro atoms. The molecule has 0 aliphatic carbocycles. The molecule has 1 aliphatic rings. The van der Waals surface area contributed by atoms with Gasteiger partial charge < -0.3 is 9.52 Å². The molecule has 10 nitrogen and oxygen atoms in total. The van der Waals surface area contributed by atoms with Crippen molar-refractivity contribution >= 4 is 23.0 Å². The molecule has 1 amide bonds. The average Bonchev–Trinajstić information content (AvgIpc) is 3.25. The van der Waals surface area contributed by atoms with Crippen LogP contribution in [-0.2, 0) is 16.0 Å². The Bertz CT molecular complexity index is 949. The lowest BCUT2D eigenvalue weighted by Gasteiger charge is -2.25. The maximum Gasteiger partial charge on any atom is 0.307 e. The van der Waals surface area contributed by atoms with Gasteiger partial charge in [-0.2, -0.15) is 0 Å². The lowest BCUT2D eigenvalue weighted by Crippen LogP contribution is -2.26. The summed E-state index contributed by atoms with van der Waals surface area (Å²) < 4.78 is 5.91. The SMILES string of the molecule is CC(C)C(c1nc2ccc(CC(=O)O)cc2o1)N1C/C(=C/CC(=O)NO)N=N1. The zero-order valence-electron chi connectivity index (χ0n) is 15.5. The number of carbonyl (C=O) groups is 2. The van der Waals surface area contributed by atoms with Crippen molar-refractivity contribution in [2.45, 2.75) is 32.7 Å². The van der Waals surface area contributed by atoms with Crippen LogP contribution in [-0.4, -0.2) is 38.7 Å². The molecule has 3 N–H and O–H groups in total. The van der Waals surface area contributed by atoms with Crippen molar-refractivity contribution in [3.05, 3.63) is 41.4 Å². The Balaban J connectivity index is 1.82. The lowest BCUT2D eigenvalue weighted by molar-refractivity contribution is -0.136. The Morgan fingerprint density at radius 3 is 2.86 bits per heavy atom. The minimum Gasteiger partial charge on any atom is -0.481 e. The zero-order chi connectivity index (χ0) is 20.3. The Hall–Kier alpha value is -3.27. The maximum atomic E-state index is 11.2. The van der Waals surface area contributed by atoms with E-state index in [0.717, 1.165) is 0 Å². The molecule has 1 aromatic carbocycles. The fraction of sp³-hybridized carbons (Fsp3) is 0.389. The number of nitrogens with zero attached hydrogens (tertiary/aromatic N) is 4. The molecule has 2 aromatic rings. The fourth-order valence-corrected chi connectivity index (χ4v) is 3.01. The second kappa shape index (κ2) is 8.17. The number of hydroxylamine groups is 1. The van der Waals surface area contributed by atoms with Gasteiger partial charge in [0.25, 0.3) is 0 Å². The van der Waals surface area contributed by atoms with Crippen LogP contribution in [0.1, 0.15) is 37.8 Å². The molecule has 0 saturated carbocycles. The third-order valence-corrected chi connectivity index (χ3v) is 4.29. The van der Waals surface area contributed by atoms with Gasteiger partial charge in [-0.15, -0.1) is 5.11 Å². The molecule has 28 heavy (non-hydrogen) atoms. The molecule has 2 heterocycles. The number of hydrogen-bond acceptors (Lipinski definition) is 8. The molecule has 1 aliphatic heterocycles. The monoisotopic (exact) mass is 387 g/mol. The maximum absolute atomic E-state index is 11.2. The Morgan fingerprint density at radius 1 is 1.39 bits per heavy atom. The summed E-state index contributed by atoms with van der Waals surface area (Å²) in [5.41, 5.74) is 3.97. The van der Waals surface area contributed by atoms with Gasteiger partial charge in [-0.1, -0.05) is 25.1 Å². The molecule has 0 radical (unpaired) electrons. The standard InChI is InChI=1S/C18H21N5O5/c1-10(2)17(23-9-12(20-22-23)4-6-15(24)21-27)18-19-13-5-3-11(8-16(25)26)7-14(13)28-18/h3-5,7,10,17,27H,6,8-9H2,1-2H3,(H,21,24)(H,25,26)/b12-4-. The number of carboxylic acid groups (broad SMARTS) is 1. The quantitative estimate of drug-likeness (QED) is 0.490. The number of aromatic nitrogens is 1. The van der Waals surface area contributed by atoms with E-state index < -0.39 is 11.9 Å². The number of oxazole rings is 1. The normalized spacial score (nSPS) is 16.3. The van der Waals surface area contributed by atoms with Crippen LogP contribution in [0.3, 0.4) is 0 Å². The summed E-state index contributed by atoms with van der Waals surface area (Å²) >= 11 is 0. The van der Waals surface area contributed by atoms with E-state index in [1.165, 1.54) is 0 Å². The highest BCUT2D eigenvalue weighted by Gasteiger charge is 2.31. The van der Waals surface area contributed by atoms with Crippen LogP contribution in [0, 0.1) is 5.92 Å². The lowest BCUT2D eigenvalue weighted by atomic mass is 10.0. The number of amides is 1. The van der Waals surface area contributed by atoms with Crippen molar-refractivity contribution in [1.82, 2.24) is 15.5 Å². The van der Waals surface area contributed by atoms with Gasteiger partial charge in [-0.3, -0.25) is 19.8 Å². The molecule has 3 rings (SSSR count). The van der Waals surface area contributed by atoms with Crippen LogP contribution in [0.5, 0.6) is 0 Å². The number of benzene rings is 1. The summed E-state index contributed by atoms with van der Waals surface area (Å²) in [6.07, 6.45) is 1.51. The van der Waals surface area contributed by atoms with Gasteiger partial charge in [-0.25, -0.2) is 10.5 Å². The van der Waals surface area contributed by atoms with Crippen LogP contribution in [0.15, 0.2) is 44.7 Å². The van der Waals surface area contributed by atoms with Gasteiger partial charge >= 0.3 is 5.97 Å². The fourth-order valence-electron chi connectivity index (χ4n) is 3.01. The van der Waals surface area contributed by atoms with E-state index in [1.807, 2.05) is 13.8 Å². The van der Waals surface area contributed by atoms with E-state index in [4.69, 9.17) is 14.7 Å². The number of aliphatic carboxylic acids is 1. The molecule has 0 saturated heterocycles. The van der Waals surface area contributed by atoms with E-state index in [2.05, 4.69) is 15.3 Å². The molecule has 0 bridgehead atoms. The Morgan fingerprint density at radius 2 is 2.18 bits per heavy atom. The van der Waals surface area contributed by atoms with Crippen LogP contribution in [0.2, 0.25) is 0 Å². The predicted molar refractivity (Wildman–Crippen MR) is 97.1 cm³/mol. The summed E-state index contributed by atoms with van der Waals surface area (Å²) in [6, 6.07) is 4.86. The molecule has 148 valence electrons. The summed E-state index contributed by atoms with van der Waals surface area (Å²) in [5, 5.41) is 27.5. The molecule has 1 unspecified atom stereocenters. The van der Waals surface area contributed by atoms with E-state index in [-0.39, 0.29) is 24.8 Å². The second-order valence-corrected chi connectivity index (χ2v) is 6.84. The van der Waals surface area contributed by atoms with Crippen molar-refractivity contribution in [3.63, 3.8) is 0 Å². The minimum absolute atomic E-state index is 0.000278. The predicted octanol–water partition coefficient (Wildman–Crippen LogP) is 2.61. The van der Waals surface area contributed by atoms with Crippen molar-refractivity contribution < 1.29 is 24.3 Å². The highest BCUT2D eigenvalue weighted by atomic mass is 16.5. The van der Waals surface area contributed by atoms with Gasteiger partial charge in [-0.05, 0) is 29.7 Å². The first-order valence-electron chi connectivity index (χ1n) is 8.78.